The Morgan fingerprint density at radius 3 is 2.89 bits per heavy atom. The molecule has 0 bridgehead atoms. The number of carbonyl (C=O) groups excluding carboxylic acids is 1. The molecule has 0 aliphatic rings. The van der Waals surface area contributed by atoms with Gasteiger partial charge in [0.2, 0.25) is 0 Å². The fourth-order valence-corrected chi connectivity index (χ4v) is 1.76. The third kappa shape index (κ3) is 2.68. The van der Waals surface area contributed by atoms with Crippen molar-refractivity contribution in [3.05, 3.63) is 46.8 Å². The summed E-state index contributed by atoms with van der Waals surface area (Å²) in [7, 11) is 0. The number of hydrogen-bond acceptors (Lipinski definition) is 3. The van der Waals surface area contributed by atoms with Crippen LogP contribution in [0.2, 0.25) is 5.02 Å². The van der Waals surface area contributed by atoms with Gasteiger partial charge in [0.1, 0.15) is 5.82 Å². The predicted octanol–water partition coefficient (Wildman–Crippen LogP) is 2.26. The van der Waals surface area contributed by atoms with Crippen molar-refractivity contribution in [1.82, 2.24) is 20.3 Å². The van der Waals surface area contributed by atoms with Crippen LogP contribution in [0.3, 0.4) is 0 Å². The number of carbonyl (C=O) groups is 1. The quantitative estimate of drug-likeness (QED) is 0.893. The molecule has 0 aromatic carbocycles. The summed E-state index contributed by atoms with van der Waals surface area (Å²) in [6, 6.07) is 1.37. The summed E-state index contributed by atoms with van der Waals surface area (Å²) in [6.45, 7) is 3.76. The van der Waals surface area contributed by atoms with Crippen LogP contribution in [0.25, 0.3) is 0 Å². The predicted molar refractivity (Wildman–Crippen MR) is 68.5 cm³/mol. The minimum absolute atomic E-state index is 0.213. The first-order chi connectivity index (χ1) is 8.58. The summed E-state index contributed by atoms with van der Waals surface area (Å²) in [4.78, 5) is 23.1. The number of hydrogen-bond donors (Lipinski definition) is 2. The van der Waals surface area contributed by atoms with E-state index in [4.69, 9.17) is 11.6 Å². The number of imidazole rings is 1. The summed E-state index contributed by atoms with van der Waals surface area (Å²) in [5, 5.41) is 3.15. The van der Waals surface area contributed by atoms with Crippen LogP contribution in [0.1, 0.15) is 34.8 Å². The summed E-state index contributed by atoms with van der Waals surface area (Å²) in [5.41, 5.74) is 1.36. The van der Waals surface area contributed by atoms with E-state index in [0.717, 1.165) is 5.69 Å². The van der Waals surface area contributed by atoms with Gasteiger partial charge < -0.3 is 10.3 Å². The Labute approximate surface area is 110 Å². The molecule has 94 valence electrons. The number of amides is 1. The number of halogens is 1. The molecule has 6 heteroatoms. The fourth-order valence-electron chi connectivity index (χ4n) is 1.56. The highest BCUT2D eigenvalue weighted by Crippen LogP contribution is 2.15. The van der Waals surface area contributed by atoms with E-state index >= 15 is 0 Å². The molecule has 0 saturated heterocycles. The van der Waals surface area contributed by atoms with Crippen molar-refractivity contribution in [3.63, 3.8) is 0 Å². The van der Waals surface area contributed by atoms with Crippen molar-refractivity contribution in [2.75, 3.05) is 0 Å². The number of nitrogens with one attached hydrogen (secondary N) is 2. The molecule has 18 heavy (non-hydrogen) atoms. The Bertz CT molecular complexity index is 567. The lowest BCUT2D eigenvalue weighted by Gasteiger charge is -2.12. The SMILES string of the molecule is Cc1cnc([C@@H](C)NC(=O)c2ccncc2Cl)[nH]1. The lowest BCUT2D eigenvalue weighted by Crippen LogP contribution is -2.27. The second-order valence-electron chi connectivity index (χ2n) is 4.00. The Hall–Kier alpha value is -1.88. The van der Waals surface area contributed by atoms with Crippen molar-refractivity contribution in [2.45, 2.75) is 19.9 Å². The van der Waals surface area contributed by atoms with Gasteiger partial charge in [0, 0.05) is 24.3 Å². The highest BCUT2D eigenvalue weighted by Gasteiger charge is 2.15. The number of aryl methyl sites for hydroxylation is 1. The van der Waals surface area contributed by atoms with E-state index < -0.39 is 0 Å². The average molecular weight is 265 g/mol. The van der Waals surface area contributed by atoms with E-state index in [0.29, 0.717) is 16.4 Å². The Balaban J connectivity index is 2.10. The monoisotopic (exact) mass is 264 g/mol. The average Bonchev–Trinajstić information content (AvgIpc) is 2.76. The van der Waals surface area contributed by atoms with Gasteiger partial charge in [-0.15, -0.1) is 0 Å². The molecule has 2 heterocycles. The molecule has 0 fully saturated rings. The van der Waals surface area contributed by atoms with E-state index in [1.165, 1.54) is 12.4 Å². The topological polar surface area (TPSA) is 70.7 Å². The maximum atomic E-state index is 12.0. The number of aromatic amines is 1. The van der Waals surface area contributed by atoms with Gasteiger partial charge >= 0.3 is 0 Å². The highest BCUT2D eigenvalue weighted by atomic mass is 35.5. The first-order valence-electron chi connectivity index (χ1n) is 5.50. The zero-order chi connectivity index (χ0) is 13.1. The Morgan fingerprint density at radius 1 is 1.50 bits per heavy atom. The second kappa shape index (κ2) is 5.18. The molecule has 2 aromatic rings. The summed E-state index contributed by atoms with van der Waals surface area (Å²) >= 11 is 5.91. The van der Waals surface area contributed by atoms with Gasteiger partial charge in [-0.2, -0.15) is 0 Å². The van der Waals surface area contributed by atoms with Crippen LogP contribution in [-0.2, 0) is 0 Å². The minimum Gasteiger partial charge on any atom is -0.344 e. The van der Waals surface area contributed by atoms with Crippen LogP contribution >= 0.6 is 11.6 Å². The van der Waals surface area contributed by atoms with Crippen LogP contribution in [-0.4, -0.2) is 20.9 Å². The lowest BCUT2D eigenvalue weighted by atomic mass is 10.2. The number of rotatable bonds is 3. The molecule has 1 amide bonds. The van der Waals surface area contributed by atoms with Crippen molar-refractivity contribution >= 4 is 17.5 Å². The highest BCUT2D eigenvalue weighted by molar-refractivity contribution is 6.33. The van der Waals surface area contributed by atoms with Crippen molar-refractivity contribution < 1.29 is 4.79 Å². The zero-order valence-corrected chi connectivity index (χ0v) is 10.8. The molecule has 0 aliphatic heterocycles. The molecular weight excluding hydrogens is 252 g/mol. The molecule has 1 atom stereocenters. The maximum Gasteiger partial charge on any atom is 0.253 e. The van der Waals surface area contributed by atoms with E-state index in [-0.39, 0.29) is 11.9 Å². The van der Waals surface area contributed by atoms with Gasteiger partial charge in [0.05, 0.1) is 16.6 Å². The molecule has 0 aliphatic carbocycles. The summed E-state index contributed by atoms with van der Waals surface area (Å²) in [6.07, 6.45) is 4.69. The van der Waals surface area contributed by atoms with Gasteiger partial charge in [-0.05, 0) is 19.9 Å². The Morgan fingerprint density at radius 2 is 2.28 bits per heavy atom. The normalized spacial score (nSPS) is 12.2. The van der Waals surface area contributed by atoms with Gasteiger partial charge in [-0.1, -0.05) is 11.6 Å². The van der Waals surface area contributed by atoms with Crippen molar-refractivity contribution in [1.29, 1.82) is 0 Å². The van der Waals surface area contributed by atoms with Crippen LogP contribution in [0.15, 0.2) is 24.7 Å². The molecule has 0 saturated carbocycles. The third-order valence-electron chi connectivity index (χ3n) is 2.50. The lowest BCUT2D eigenvalue weighted by molar-refractivity contribution is 0.0938. The molecule has 0 unspecified atom stereocenters. The first kappa shape index (κ1) is 12.6. The molecular formula is C12H13ClN4O. The van der Waals surface area contributed by atoms with Crippen molar-refractivity contribution in [3.8, 4) is 0 Å². The van der Waals surface area contributed by atoms with Gasteiger partial charge in [-0.25, -0.2) is 4.98 Å². The number of aromatic nitrogens is 3. The Kier molecular flexibility index (Phi) is 3.62. The number of H-pyrrole nitrogens is 1. The van der Waals surface area contributed by atoms with Gasteiger partial charge in [-0.3, -0.25) is 9.78 Å². The molecule has 2 N–H and O–H groups in total. The first-order valence-corrected chi connectivity index (χ1v) is 5.87. The second-order valence-corrected chi connectivity index (χ2v) is 4.41. The minimum atomic E-state index is -0.246. The maximum absolute atomic E-state index is 12.0. The number of nitrogens with zero attached hydrogens (tertiary/aromatic N) is 2. The summed E-state index contributed by atoms with van der Waals surface area (Å²) in [5.74, 6) is 0.468. The standard InChI is InChI=1S/C12H13ClN4O/c1-7-5-15-11(16-7)8(2)17-12(18)9-3-4-14-6-10(9)13/h3-6,8H,1-2H3,(H,15,16)(H,17,18)/t8-/m1/s1. The van der Waals surface area contributed by atoms with E-state index in [1.54, 1.807) is 12.3 Å². The molecule has 5 nitrogen and oxygen atoms in total. The smallest absolute Gasteiger partial charge is 0.253 e. The largest absolute Gasteiger partial charge is 0.344 e. The van der Waals surface area contributed by atoms with Crippen LogP contribution in [0.4, 0.5) is 0 Å². The van der Waals surface area contributed by atoms with Crippen LogP contribution in [0, 0.1) is 6.92 Å². The van der Waals surface area contributed by atoms with Crippen LogP contribution in [0.5, 0.6) is 0 Å². The van der Waals surface area contributed by atoms with E-state index in [9.17, 15) is 4.79 Å². The molecule has 2 rings (SSSR count). The zero-order valence-electron chi connectivity index (χ0n) is 10.1. The summed E-state index contributed by atoms with van der Waals surface area (Å²) < 4.78 is 0. The van der Waals surface area contributed by atoms with Crippen LogP contribution < -0.4 is 5.32 Å². The van der Waals surface area contributed by atoms with E-state index in [1.807, 2.05) is 13.8 Å². The van der Waals surface area contributed by atoms with E-state index in [2.05, 4.69) is 20.3 Å². The van der Waals surface area contributed by atoms with Gasteiger partial charge in [0.15, 0.2) is 0 Å². The van der Waals surface area contributed by atoms with Crippen molar-refractivity contribution in [2.24, 2.45) is 0 Å². The third-order valence-corrected chi connectivity index (χ3v) is 2.80. The number of pyridine rings is 1. The van der Waals surface area contributed by atoms with Gasteiger partial charge in [0.25, 0.3) is 5.91 Å². The molecule has 0 radical (unpaired) electrons. The molecule has 0 spiro atoms. The fraction of sp³-hybridized carbons (Fsp3) is 0.250. The molecule has 2 aromatic heterocycles.